The molecule has 4 rings (SSSR count). The van der Waals surface area contributed by atoms with E-state index in [0.717, 1.165) is 30.9 Å². The number of aryl methyl sites for hydroxylation is 1. The van der Waals surface area contributed by atoms with Gasteiger partial charge in [0.1, 0.15) is 17.6 Å². The second-order valence-electron chi connectivity index (χ2n) is 6.32. The third kappa shape index (κ3) is 2.87. The van der Waals surface area contributed by atoms with E-state index in [9.17, 15) is 4.79 Å². The topological polar surface area (TPSA) is 81.1 Å². The minimum atomic E-state index is -0.0773. The zero-order chi connectivity index (χ0) is 16.5. The molecule has 24 heavy (non-hydrogen) atoms. The lowest BCUT2D eigenvalue weighted by Gasteiger charge is -2.33. The number of hydrogen-bond donors (Lipinski definition) is 0. The summed E-state index contributed by atoms with van der Waals surface area (Å²) in [5.74, 6) is 1.15. The molecule has 1 amide bonds. The second kappa shape index (κ2) is 6.24. The minimum absolute atomic E-state index is 0.00623. The predicted molar refractivity (Wildman–Crippen MR) is 85.0 cm³/mol. The average molecular weight is 325 g/mol. The Labute approximate surface area is 140 Å². The Morgan fingerprint density at radius 2 is 2.21 bits per heavy atom. The molecule has 0 aromatic carbocycles. The van der Waals surface area contributed by atoms with Gasteiger partial charge in [-0.2, -0.15) is 0 Å². The molecule has 2 aromatic heterocycles. The van der Waals surface area contributed by atoms with Crippen molar-refractivity contribution in [2.75, 3.05) is 13.1 Å². The lowest BCUT2D eigenvalue weighted by molar-refractivity contribution is -0.00585. The number of fused-ring (bicyclic) bond motifs is 1. The molecule has 0 radical (unpaired) electrons. The number of ether oxygens (including phenoxy) is 1. The van der Waals surface area contributed by atoms with Crippen molar-refractivity contribution in [1.82, 2.24) is 24.8 Å². The van der Waals surface area contributed by atoms with Crippen LogP contribution in [0.5, 0.6) is 0 Å². The number of piperidine rings is 1. The van der Waals surface area contributed by atoms with Crippen LogP contribution >= 0.6 is 0 Å². The largest absolute Gasteiger partial charge is 0.367 e. The van der Waals surface area contributed by atoms with Crippen LogP contribution in [0.2, 0.25) is 0 Å². The summed E-state index contributed by atoms with van der Waals surface area (Å²) >= 11 is 0. The van der Waals surface area contributed by atoms with Crippen molar-refractivity contribution in [3.05, 3.63) is 48.1 Å². The summed E-state index contributed by atoms with van der Waals surface area (Å²) in [7, 11) is 0. The molecule has 0 bridgehead atoms. The van der Waals surface area contributed by atoms with E-state index in [4.69, 9.17) is 4.74 Å². The molecule has 2 saturated heterocycles. The van der Waals surface area contributed by atoms with E-state index in [0.29, 0.717) is 18.2 Å². The molecule has 0 saturated carbocycles. The molecule has 2 fully saturated rings. The monoisotopic (exact) mass is 325 g/mol. The van der Waals surface area contributed by atoms with Crippen LogP contribution in [-0.2, 0) is 4.74 Å². The van der Waals surface area contributed by atoms with Crippen molar-refractivity contribution in [1.29, 1.82) is 0 Å². The van der Waals surface area contributed by atoms with E-state index in [2.05, 4.69) is 19.9 Å². The summed E-state index contributed by atoms with van der Waals surface area (Å²) in [4.78, 5) is 31.0. The summed E-state index contributed by atoms with van der Waals surface area (Å²) in [6.07, 6.45) is 8.33. The average Bonchev–Trinajstić information content (AvgIpc) is 3.05. The Morgan fingerprint density at radius 1 is 1.29 bits per heavy atom. The molecular formula is C17H19N5O2. The maximum atomic E-state index is 12.5. The van der Waals surface area contributed by atoms with Crippen molar-refractivity contribution in [2.24, 2.45) is 5.92 Å². The van der Waals surface area contributed by atoms with Crippen LogP contribution in [-0.4, -0.2) is 49.9 Å². The fourth-order valence-corrected chi connectivity index (χ4v) is 3.53. The first-order valence-electron chi connectivity index (χ1n) is 8.21. The van der Waals surface area contributed by atoms with Gasteiger partial charge in [0.2, 0.25) is 0 Å². The van der Waals surface area contributed by atoms with Crippen LogP contribution in [0.1, 0.15) is 41.0 Å². The predicted octanol–water partition coefficient (Wildman–Crippen LogP) is 1.57. The number of nitrogens with zero attached hydrogens (tertiary/aromatic N) is 5. The maximum Gasteiger partial charge on any atom is 0.274 e. The van der Waals surface area contributed by atoms with Gasteiger partial charge in [-0.25, -0.2) is 15.0 Å². The fraction of sp³-hybridized carbons (Fsp3) is 0.471. The van der Waals surface area contributed by atoms with Crippen molar-refractivity contribution in [2.45, 2.75) is 32.0 Å². The van der Waals surface area contributed by atoms with Crippen molar-refractivity contribution in [3.8, 4) is 0 Å². The Bertz CT molecular complexity index is 739. The van der Waals surface area contributed by atoms with Gasteiger partial charge in [0, 0.05) is 31.7 Å². The van der Waals surface area contributed by atoms with Gasteiger partial charge in [-0.05, 0) is 31.7 Å². The van der Waals surface area contributed by atoms with Gasteiger partial charge in [0.05, 0.1) is 18.0 Å². The van der Waals surface area contributed by atoms with E-state index in [1.165, 1.54) is 6.20 Å². The van der Waals surface area contributed by atoms with E-state index < -0.39 is 0 Å². The molecule has 7 heteroatoms. The highest BCUT2D eigenvalue weighted by Gasteiger charge is 2.41. The van der Waals surface area contributed by atoms with Crippen LogP contribution < -0.4 is 0 Å². The molecule has 0 unspecified atom stereocenters. The van der Waals surface area contributed by atoms with Gasteiger partial charge in [0.15, 0.2) is 0 Å². The first-order chi connectivity index (χ1) is 11.7. The molecule has 3 atom stereocenters. The molecule has 7 nitrogen and oxygen atoms in total. The highest BCUT2D eigenvalue weighted by molar-refractivity contribution is 5.92. The Hall–Kier alpha value is -2.41. The lowest BCUT2D eigenvalue weighted by Crippen LogP contribution is -2.45. The lowest BCUT2D eigenvalue weighted by atomic mass is 9.91. The van der Waals surface area contributed by atoms with Crippen LogP contribution in [0.25, 0.3) is 0 Å². The summed E-state index contributed by atoms with van der Waals surface area (Å²) in [6.45, 7) is 3.21. The van der Waals surface area contributed by atoms with Gasteiger partial charge in [-0.15, -0.1) is 0 Å². The van der Waals surface area contributed by atoms with Crippen LogP contribution in [0.4, 0.5) is 0 Å². The third-order valence-electron chi connectivity index (χ3n) is 4.75. The molecular weight excluding hydrogens is 306 g/mol. The standard InChI is InChI=1S/C17H19N5O2/c1-11-19-4-2-13(21-11)15-8-12-3-7-22(10-16(12)24-15)17(23)14-9-18-5-6-20-14/h2,4-6,9,12,15-16H,3,7-8,10H2,1H3/t12-,15+,16+/m1/s1. The van der Waals surface area contributed by atoms with Crippen LogP contribution in [0, 0.1) is 12.8 Å². The first kappa shape index (κ1) is 15.1. The number of likely N-dealkylation sites (tertiary alicyclic amines) is 1. The number of amides is 1. The minimum Gasteiger partial charge on any atom is -0.367 e. The van der Waals surface area contributed by atoms with Gasteiger partial charge < -0.3 is 9.64 Å². The van der Waals surface area contributed by atoms with Gasteiger partial charge in [-0.1, -0.05) is 0 Å². The van der Waals surface area contributed by atoms with E-state index in [-0.39, 0.29) is 18.1 Å². The smallest absolute Gasteiger partial charge is 0.274 e. The molecule has 4 heterocycles. The summed E-state index contributed by atoms with van der Waals surface area (Å²) in [5.41, 5.74) is 1.32. The van der Waals surface area contributed by atoms with Gasteiger partial charge in [0.25, 0.3) is 5.91 Å². The molecule has 124 valence electrons. The Morgan fingerprint density at radius 3 is 3.00 bits per heavy atom. The van der Waals surface area contributed by atoms with Crippen LogP contribution in [0.15, 0.2) is 30.9 Å². The normalized spacial score (nSPS) is 26.2. The number of rotatable bonds is 2. The quantitative estimate of drug-likeness (QED) is 0.833. The Kier molecular flexibility index (Phi) is 3.93. The summed E-state index contributed by atoms with van der Waals surface area (Å²) < 4.78 is 6.20. The van der Waals surface area contributed by atoms with E-state index in [1.54, 1.807) is 18.6 Å². The summed E-state index contributed by atoms with van der Waals surface area (Å²) in [5, 5.41) is 0. The number of aromatic nitrogens is 4. The van der Waals surface area contributed by atoms with Crippen molar-refractivity contribution in [3.63, 3.8) is 0 Å². The number of carbonyl (C=O) groups excluding carboxylic acids is 1. The maximum absolute atomic E-state index is 12.5. The Balaban J connectivity index is 1.45. The van der Waals surface area contributed by atoms with E-state index in [1.807, 2.05) is 17.9 Å². The highest BCUT2D eigenvalue weighted by Crippen LogP contribution is 2.40. The number of hydrogen-bond acceptors (Lipinski definition) is 6. The van der Waals surface area contributed by atoms with Crippen molar-refractivity contribution < 1.29 is 9.53 Å². The zero-order valence-electron chi connectivity index (χ0n) is 13.5. The van der Waals surface area contributed by atoms with Gasteiger partial charge >= 0.3 is 0 Å². The van der Waals surface area contributed by atoms with Crippen LogP contribution in [0.3, 0.4) is 0 Å². The van der Waals surface area contributed by atoms with Crippen molar-refractivity contribution >= 4 is 5.91 Å². The fourth-order valence-electron chi connectivity index (χ4n) is 3.53. The highest BCUT2D eigenvalue weighted by atomic mass is 16.5. The SMILES string of the molecule is Cc1nccc([C@@H]2C[C@H]3CCN(C(=O)c4cnccn4)C[C@@H]3O2)n1. The first-order valence-corrected chi connectivity index (χ1v) is 8.21. The molecule has 0 aliphatic carbocycles. The molecule has 0 spiro atoms. The third-order valence-corrected chi connectivity index (χ3v) is 4.75. The number of carbonyl (C=O) groups is 1. The molecule has 2 aliphatic rings. The second-order valence-corrected chi connectivity index (χ2v) is 6.32. The zero-order valence-corrected chi connectivity index (χ0v) is 13.5. The molecule has 0 N–H and O–H groups in total. The van der Waals surface area contributed by atoms with E-state index >= 15 is 0 Å². The summed E-state index contributed by atoms with van der Waals surface area (Å²) in [6, 6.07) is 1.91. The molecule has 2 aliphatic heterocycles. The molecule has 2 aromatic rings. The van der Waals surface area contributed by atoms with Gasteiger partial charge in [-0.3, -0.25) is 9.78 Å².